The van der Waals surface area contributed by atoms with Gasteiger partial charge in [0.2, 0.25) is 5.91 Å². The highest BCUT2D eigenvalue weighted by atomic mass is 16.4. The largest absolute Gasteiger partial charge is 0.481 e. The van der Waals surface area contributed by atoms with Crippen molar-refractivity contribution in [2.75, 3.05) is 5.32 Å². The number of aryl methyl sites for hydroxylation is 2. The van der Waals surface area contributed by atoms with E-state index in [4.69, 9.17) is 5.11 Å². The van der Waals surface area contributed by atoms with Gasteiger partial charge in [-0.1, -0.05) is 13.0 Å². The summed E-state index contributed by atoms with van der Waals surface area (Å²) in [7, 11) is 0. The number of amides is 1. The number of carbonyl (C=O) groups is 2. The van der Waals surface area contributed by atoms with Crippen LogP contribution in [0.4, 0.5) is 5.69 Å². The zero-order valence-electron chi connectivity index (χ0n) is 10.1. The van der Waals surface area contributed by atoms with Gasteiger partial charge in [0, 0.05) is 5.69 Å². The van der Waals surface area contributed by atoms with Crippen molar-refractivity contribution in [3.05, 3.63) is 28.8 Å². The number of carboxylic acid groups (broad SMARTS) is 1. The molecule has 1 aliphatic rings. The smallest absolute Gasteiger partial charge is 0.307 e. The van der Waals surface area contributed by atoms with E-state index < -0.39 is 17.8 Å². The van der Waals surface area contributed by atoms with Crippen LogP contribution < -0.4 is 5.32 Å². The molecule has 0 spiro atoms. The number of hydrogen-bond acceptors (Lipinski definition) is 2. The van der Waals surface area contributed by atoms with Gasteiger partial charge in [0.15, 0.2) is 0 Å². The van der Waals surface area contributed by atoms with E-state index >= 15 is 0 Å². The van der Waals surface area contributed by atoms with Gasteiger partial charge in [0.25, 0.3) is 0 Å². The lowest BCUT2D eigenvalue weighted by Crippen LogP contribution is -2.25. The van der Waals surface area contributed by atoms with Crippen LogP contribution in [0.5, 0.6) is 0 Å². The van der Waals surface area contributed by atoms with Crippen molar-refractivity contribution < 1.29 is 14.7 Å². The second-order valence-corrected chi connectivity index (χ2v) is 4.64. The van der Waals surface area contributed by atoms with Crippen molar-refractivity contribution in [1.29, 1.82) is 0 Å². The number of anilines is 1. The summed E-state index contributed by atoms with van der Waals surface area (Å²) in [5, 5.41) is 11.8. The summed E-state index contributed by atoms with van der Waals surface area (Å²) in [6.07, 6.45) is 0. The average molecular weight is 233 g/mol. The summed E-state index contributed by atoms with van der Waals surface area (Å²) in [4.78, 5) is 22.9. The zero-order valence-corrected chi connectivity index (χ0v) is 10.1. The Bertz CT molecular complexity index is 508. The van der Waals surface area contributed by atoms with Gasteiger partial charge in [-0.25, -0.2) is 0 Å². The third kappa shape index (κ3) is 1.79. The summed E-state index contributed by atoms with van der Waals surface area (Å²) in [6.45, 7) is 5.43. The maximum Gasteiger partial charge on any atom is 0.307 e. The number of aliphatic carboxylic acids is 1. The highest BCUT2D eigenvalue weighted by Gasteiger charge is 2.39. The first-order valence-corrected chi connectivity index (χ1v) is 5.56. The Kier molecular flexibility index (Phi) is 2.65. The van der Waals surface area contributed by atoms with Crippen LogP contribution >= 0.6 is 0 Å². The summed E-state index contributed by atoms with van der Waals surface area (Å²) in [5.74, 6) is -2.46. The Labute approximate surface area is 99.6 Å². The molecular weight excluding hydrogens is 218 g/mol. The summed E-state index contributed by atoms with van der Waals surface area (Å²) >= 11 is 0. The number of fused-ring (bicyclic) bond motifs is 1. The molecular formula is C13H15NO3. The Morgan fingerprint density at radius 1 is 1.41 bits per heavy atom. The maximum atomic E-state index is 11.9. The molecule has 2 unspecified atom stereocenters. The molecule has 4 nitrogen and oxygen atoms in total. The molecule has 0 aliphatic carbocycles. The number of rotatable bonds is 2. The van der Waals surface area contributed by atoms with Gasteiger partial charge in [0.1, 0.15) is 0 Å². The van der Waals surface area contributed by atoms with E-state index in [1.165, 1.54) is 0 Å². The molecule has 2 atom stereocenters. The molecule has 2 rings (SSSR count). The number of nitrogens with one attached hydrogen (secondary N) is 1. The molecule has 0 saturated heterocycles. The first-order valence-electron chi connectivity index (χ1n) is 5.56. The van der Waals surface area contributed by atoms with E-state index in [-0.39, 0.29) is 5.91 Å². The van der Waals surface area contributed by atoms with Gasteiger partial charge >= 0.3 is 5.97 Å². The van der Waals surface area contributed by atoms with Crippen LogP contribution in [-0.4, -0.2) is 17.0 Å². The lowest BCUT2D eigenvalue weighted by molar-refractivity contribution is -0.143. The van der Waals surface area contributed by atoms with Gasteiger partial charge in [0.05, 0.1) is 11.8 Å². The molecule has 90 valence electrons. The minimum Gasteiger partial charge on any atom is -0.481 e. The lowest BCUT2D eigenvalue weighted by Gasteiger charge is -2.15. The summed E-state index contributed by atoms with van der Waals surface area (Å²) in [6, 6.07) is 3.86. The van der Waals surface area contributed by atoms with Crippen molar-refractivity contribution in [2.24, 2.45) is 5.92 Å². The first kappa shape index (κ1) is 11.6. The fraction of sp³-hybridized carbons (Fsp3) is 0.385. The molecule has 1 aromatic rings. The topological polar surface area (TPSA) is 66.4 Å². The Morgan fingerprint density at radius 2 is 2.06 bits per heavy atom. The molecule has 0 aromatic heterocycles. The summed E-state index contributed by atoms with van der Waals surface area (Å²) in [5.41, 5.74) is 3.61. The van der Waals surface area contributed by atoms with Crippen molar-refractivity contribution >= 4 is 17.6 Å². The van der Waals surface area contributed by atoms with Crippen LogP contribution in [-0.2, 0) is 9.59 Å². The second-order valence-electron chi connectivity index (χ2n) is 4.64. The van der Waals surface area contributed by atoms with E-state index in [2.05, 4.69) is 5.32 Å². The number of benzene rings is 1. The first-order chi connectivity index (χ1) is 7.91. The molecule has 2 N–H and O–H groups in total. The minimum atomic E-state index is -0.946. The van der Waals surface area contributed by atoms with Crippen LogP contribution in [0, 0.1) is 19.8 Å². The van der Waals surface area contributed by atoms with E-state index in [1.807, 2.05) is 26.0 Å². The standard InChI is InChI=1S/C13H15NO3/c1-6-4-7(2)10-9(5-6)14-12(15)11(10)8(3)13(16)17/h4-5,8,11H,1-3H3,(H,14,15)(H,16,17). The molecule has 1 heterocycles. The predicted molar refractivity (Wildman–Crippen MR) is 64.1 cm³/mol. The van der Waals surface area contributed by atoms with Crippen molar-refractivity contribution in [3.63, 3.8) is 0 Å². The number of hydrogen-bond donors (Lipinski definition) is 2. The van der Waals surface area contributed by atoms with Crippen LogP contribution in [0.3, 0.4) is 0 Å². The van der Waals surface area contributed by atoms with E-state index in [9.17, 15) is 9.59 Å². The van der Waals surface area contributed by atoms with E-state index in [0.717, 1.165) is 22.4 Å². The Hall–Kier alpha value is -1.84. The average Bonchev–Trinajstić information content (AvgIpc) is 2.53. The molecule has 1 aliphatic heterocycles. The third-order valence-corrected chi connectivity index (χ3v) is 3.27. The fourth-order valence-electron chi connectivity index (χ4n) is 2.46. The molecule has 1 amide bonds. The van der Waals surface area contributed by atoms with Gasteiger partial charge in [-0.2, -0.15) is 0 Å². The van der Waals surface area contributed by atoms with Gasteiger partial charge in [-0.15, -0.1) is 0 Å². The highest BCUT2D eigenvalue weighted by Crippen LogP contribution is 2.40. The summed E-state index contributed by atoms with van der Waals surface area (Å²) < 4.78 is 0. The number of carbonyl (C=O) groups excluding carboxylic acids is 1. The highest BCUT2D eigenvalue weighted by molar-refractivity contribution is 6.05. The van der Waals surface area contributed by atoms with Crippen LogP contribution in [0.25, 0.3) is 0 Å². The number of carboxylic acids is 1. The van der Waals surface area contributed by atoms with E-state index in [0.29, 0.717) is 0 Å². The Balaban J connectivity index is 2.54. The molecule has 0 saturated carbocycles. The molecule has 17 heavy (non-hydrogen) atoms. The molecule has 4 heteroatoms. The predicted octanol–water partition coefficient (Wildman–Crippen LogP) is 2.06. The second kappa shape index (κ2) is 3.87. The lowest BCUT2D eigenvalue weighted by atomic mass is 9.85. The molecule has 1 aromatic carbocycles. The van der Waals surface area contributed by atoms with E-state index in [1.54, 1.807) is 6.92 Å². The van der Waals surface area contributed by atoms with Crippen molar-refractivity contribution in [3.8, 4) is 0 Å². The third-order valence-electron chi connectivity index (χ3n) is 3.27. The monoisotopic (exact) mass is 233 g/mol. The van der Waals surface area contributed by atoms with Gasteiger partial charge < -0.3 is 10.4 Å². The Morgan fingerprint density at radius 3 is 2.65 bits per heavy atom. The van der Waals surface area contributed by atoms with Crippen molar-refractivity contribution in [2.45, 2.75) is 26.7 Å². The SMILES string of the molecule is Cc1cc(C)c2c(c1)NC(=O)C2C(C)C(=O)O. The van der Waals surface area contributed by atoms with Gasteiger partial charge in [-0.3, -0.25) is 9.59 Å². The van der Waals surface area contributed by atoms with Crippen LogP contribution in [0.15, 0.2) is 12.1 Å². The van der Waals surface area contributed by atoms with Gasteiger partial charge in [-0.05, 0) is 36.6 Å². The van der Waals surface area contributed by atoms with Crippen LogP contribution in [0.1, 0.15) is 29.5 Å². The van der Waals surface area contributed by atoms with Crippen molar-refractivity contribution in [1.82, 2.24) is 0 Å². The molecule has 0 radical (unpaired) electrons. The fourth-order valence-corrected chi connectivity index (χ4v) is 2.46. The van der Waals surface area contributed by atoms with Crippen LogP contribution in [0.2, 0.25) is 0 Å². The quantitative estimate of drug-likeness (QED) is 0.821. The molecule has 0 bridgehead atoms. The minimum absolute atomic E-state index is 0.219. The zero-order chi connectivity index (χ0) is 12.7. The normalized spacial score (nSPS) is 19.7. The molecule has 0 fully saturated rings. The maximum absolute atomic E-state index is 11.9.